The second-order valence-corrected chi connectivity index (χ2v) is 7.68. The van der Waals surface area contributed by atoms with Crippen LogP contribution in [-0.4, -0.2) is 42.3 Å². The van der Waals surface area contributed by atoms with E-state index in [4.69, 9.17) is 9.47 Å². The van der Waals surface area contributed by atoms with Gasteiger partial charge >= 0.3 is 6.09 Å². The van der Waals surface area contributed by atoms with Gasteiger partial charge in [0.25, 0.3) is 0 Å². The molecule has 0 aliphatic carbocycles. The number of pyridine rings is 1. The number of anilines is 1. The third-order valence-electron chi connectivity index (χ3n) is 4.60. The first-order chi connectivity index (χ1) is 13.7. The lowest BCUT2D eigenvalue weighted by atomic mass is 10.1. The van der Waals surface area contributed by atoms with Crippen molar-refractivity contribution in [2.45, 2.75) is 6.54 Å². The molecule has 0 spiro atoms. The van der Waals surface area contributed by atoms with Crippen LogP contribution in [0.15, 0.2) is 54.7 Å². The van der Waals surface area contributed by atoms with E-state index in [1.807, 2.05) is 42.5 Å². The number of rotatable bonds is 4. The Labute approximate surface area is 177 Å². The standard InChI is InChI=1S/C21H20IN3O3/c22-18-13-15(14-25-9-11-27-12-10-25)17-7-4-8-23-19(17)20(18)28-21(26)24-16-5-2-1-3-6-16/h1-8,13H,9-12,14H2,(H,24,26). The number of aromatic nitrogens is 1. The van der Waals surface area contributed by atoms with Crippen LogP contribution in [0.1, 0.15) is 5.56 Å². The molecule has 0 radical (unpaired) electrons. The third-order valence-corrected chi connectivity index (χ3v) is 5.40. The minimum absolute atomic E-state index is 0.482. The number of fused-ring (bicyclic) bond motifs is 1. The highest BCUT2D eigenvalue weighted by atomic mass is 127. The van der Waals surface area contributed by atoms with E-state index in [-0.39, 0.29) is 0 Å². The van der Waals surface area contributed by atoms with E-state index in [1.54, 1.807) is 6.20 Å². The van der Waals surface area contributed by atoms with Crippen LogP contribution in [0.2, 0.25) is 0 Å². The van der Waals surface area contributed by atoms with E-state index >= 15 is 0 Å². The third kappa shape index (κ3) is 4.43. The van der Waals surface area contributed by atoms with Gasteiger partial charge in [0.1, 0.15) is 5.52 Å². The summed E-state index contributed by atoms with van der Waals surface area (Å²) in [5, 5.41) is 3.75. The molecule has 1 fully saturated rings. The number of carbonyl (C=O) groups excluding carboxylic acids is 1. The van der Waals surface area contributed by atoms with Gasteiger partial charge in [-0.2, -0.15) is 0 Å². The molecule has 0 saturated carbocycles. The summed E-state index contributed by atoms with van der Waals surface area (Å²) in [6.07, 6.45) is 1.19. The van der Waals surface area contributed by atoms with Crippen LogP contribution in [0.3, 0.4) is 0 Å². The van der Waals surface area contributed by atoms with Crippen LogP contribution < -0.4 is 10.1 Å². The largest absolute Gasteiger partial charge is 0.417 e. The number of hydrogen-bond donors (Lipinski definition) is 1. The summed E-state index contributed by atoms with van der Waals surface area (Å²) in [5.74, 6) is 0.482. The average molecular weight is 489 g/mol. The van der Waals surface area contributed by atoms with E-state index in [0.717, 1.165) is 41.8 Å². The Morgan fingerprint density at radius 2 is 1.96 bits per heavy atom. The molecule has 1 amide bonds. The fourth-order valence-corrected chi connectivity index (χ4v) is 3.98. The predicted molar refractivity (Wildman–Crippen MR) is 117 cm³/mol. The van der Waals surface area contributed by atoms with Crippen molar-refractivity contribution in [1.82, 2.24) is 9.88 Å². The maximum Gasteiger partial charge on any atom is 0.417 e. The SMILES string of the molecule is O=C(Nc1ccccc1)Oc1c(I)cc(CN2CCOCC2)c2cccnc12. The normalized spacial score (nSPS) is 14.8. The highest BCUT2D eigenvalue weighted by Crippen LogP contribution is 2.33. The van der Waals surface area contributed by atoms with Crippen LogP contribution >= 0.6 is 22.6 Å². The van der Waals surface area contributed by atoms with E-state index in [1.165, 1.54) is 5.56 Å². The quantitative estimate of drug-likeness (QED) is 0.555. The molecular formula is C21H20IN3O3. The molecule has 1 aliphatic heterocycles. The molecule has 0 unspecified atom stereocenters. The minimum atomic E-state index is -0.531. The summed E-state index contributed by atoms with van der Waals surface area (Å²) in [5.41, 5.74) is 2.55. The first-order valence-corrected chi connectivity index (χ1v) is 10.2. The second-order valence-electron chi connectivity index (χ2n) is 6.52. The highest BCUT2D eigenvalue weighted by Gasteiger charge is 2.19. The monoisotopic (exact) mass is 489 g/mol. The molecule has 0 atom stereocenters. The Morgan fingerprint density at radius 3 is 2.75 bits per heavy atom. The number of nitrogens with one attached hydrogen (secondary N) is 1. The lowest BCUT2D eigenvalue weighted by molar-refractivity contribution is 0.0343. The number of morpholine rings is 1. The number of amides is 1. The second kappa shape index (κ2) is 8.85. The molecule has 3 aromatic rings. The van der Waals surface area contributed by atoms with Crippen molar-refractivity contribution in [2.75, 3.05) is 31.6 Å². The lowest BCUT2D eigenvalue weighted by Crippen LogP contribution is -2.35. The smallest absolute Gasteiger partial charge is 0.407 e. The van der Waals surface area contributed by atoms with E-state index < -0.39 is 6.09 Å². The van der Waals surface area contributed by atoms with Crippen molar-refractivity contribution in [3.63, 3.8) is 0 Å². The van der Waals surface area contributed by atoms with Crippen molar-refractivity contribution < 1.29 is 14.3 Å². The number of nitrogens with zero attached hydrogens (tertiary/aromatic N) is 2. The molecule has 28 heavy (non-hydrogen) atoms. The fourth-order valence-electron chi connectivity index (χ4n) is 3.24. The average Bonchev–Trinajstić information content (AvgIpc) is 2.72. The summed E-state index contributed by atoms with van der Waals surface area (Å²) in [6, 6.07) is 15.2. The Morgan fingerprint density at radius 1 is 1.18 bits per heavy atom. The fraction of sp³-hybridized carbons (Fsp3) is 0.238. The van der Waals surface area contributed by atoms with Gasteiger partial charge in [0.05, 0.1) is 16.8 Å². The van der Waals surface area contributed by atoms with E-state index in [0.29, 0.717) is 17.0 Å². The maximum absolute atomic E-state index is 12.4. The summed E-state index contributed by atoms with van der Waals surface area (Å²) in [7, 11) is 0. The van der Waals surface area contributed by atoms with Crippen LogP contribution in [0.5, 0.6) is 5.75 Å². The number of carbonyl (C=O) groups is 1. The van der Waals surface area contributed by atoms with Crippen LogP contribution in [0.25, 0.3) is 10.9 Å². The molecule has 1 aliphatic rings. The van der Waals surface area contributed by atoms with Crippen LogP contribution in [0, 0.1) is 3.57 Å². The first-order valence-electron chi connectivity index (χ1n) is 9.11. The molecule has 7 heteroatoms. The molecule has 144 valence electrons. The number of para-hydroxylation sites is 1. The van der Waals surface area contributed by atoms with Crippen molar-refractivity contribution in [3.8, 4) is 5.75 Å². The van der Waals surface area contributed by atoms with Crippen LogP contribution in [-0.2, 0) is 11.3 Å². The van der Waals surface area contributed by atoms with E-state index in [9.17, 15) is 4.79 Å². The van der Waals surface area contributed by atoms with Crippen molar-refractivity contribution in [1.29, 1.82) is 0 Å². The number of benzene rings is 2. The molecule has 0 bridgehead atoms. The van der Waals surface area contributed by atoms with Gasteiger partial charge in [-0.1, -0.05) is 24.3 Å². The molecule has 6 nitrogen and oxygen atoms in total. The molecule has 2 aromatic carbocycles. The van der Waals surface area contributed by atoms with Gasteiger partial charge in [-0.05, 0) is 52.4 Å². The zero-order chi connectivity index (χ0) is 19.3. The number of hydrogen-bond acceptors (Lipinski definition) is 5. The summed E-state index contributed by atoms with van der Waals surface area (Å²) in [6.45, 7) is 4.16. The Balaban J connectivity index is 1.61. The topological polar surface area (TPSA) is 63.7 Å². The van der Waals surface area contributed by atoms with Gasteiger partial charge in [-0.15, -0.1) is 0 Å². The Bertz CT molecular complexity index is 975. The predicted octanol–water partition coefficient (Wildman–Crippen LogP) is 4.28. The molecule has 1 saturated heterocycles. The zero-order valence-electron chi connectivity index (χ0n) is 15.2. The Hall–Kier alpha value is -2.23. The van der Waals surface area contributed by atoms with Gasteiger partial charge in [0, 0.05) is 36.9 Å². The van der Waals surface area contributed by atoms with Crippen molar-refractivity contribution >= 4 is 45.3 Å². The van der Waals surface area contributed by atoms with Gasteiger partial charge in [0.15, 0.2) is 5.75 Å². The Kier molecular flexibility index (Phi) is 6.04. The van der Waals surface area contributed by atoms with Crippen molar-refractivity contribution in [3.05, 3.63) is 63.9 Å². The van der Waals surface area contributed by atoms with Crippen molar-refractivity contribution in [2.24, 2.45) is 0 Å². The molecule has 4 rings (SSSR count). The highest BCUT2D eigenvalue weighted by molar-refractivity contribution is 14.1. The first kappa shape index (κ1) is 19.1. The van der Waals surface area contributed by atoms with Gasteiger partial charge < -0.3 is 9.47 Å². The van der Waals surface area contributed by atoms with E-state index in [2.05, 4.69) is 43.9 Å². The van der Waals surface area contributed by atoms with Gasteiger partial charge in [-0.25, -0.2) is 4.79 Å². The number of ether oxygens (including phenoxy) is 2. The van der Waals surface area contributed by atoms with Gasteiger partial charge in [0.2, 0.25) is 0 Å². The molecule has 1 N–H and O–H groups in total. The van der Waals surface area contributed by atoms with Gasteiger partial charge in [-0.3, -0.25) is 15.2 Å². The molecular weight excluding hydrogens is 469 g/mol. The number of halogens is 1. The minimum Gasteiger partial charge on any atom is -0.407 e. The summed E-state index contributed by atoms with van der Waals surface area (Å²) >= 11 is 2.20. The zero-order valence-corrected chi connectivity index (χ0v) is 17.4. The van der Waals surface area contributed by atoms with Crippen LogP contribution in [0.4, 0.5) is 10.5 Å². The summed E-state index contributed by atoms with van der Waals surface area (Å²) in [4.78, 5) is 19.3. The molecule has 2 heterocycles. The molecule has 1 aromatic heterocycles. The summed E-state index contributed by atoms with van der Waals surface area (Å²) < 4.78 is 12.0. The maximum atomic E-state index is 12.4. The lowest BCUT2D eigenvalue weighted by Gasteiger charge is -2.27.